The van der Waals surface area contributed by atoms with Gasteiger partial charge in [0, 0.05) is 11.8 Å². The van der Waals surface area contributed by atoms with Gasteiger partial charge in [-0.3, -0.25) is 4.79 Å². The molecule has 2 N–H and O–H groups in total. The third kappa shape index (κ3) is 4.61. The van der Waals surface area contributed by atoms with Crippen LogP contribution in [0.4, 0.5) is 13.2 Å². The molecule has 0 bridgehead atoms. The van der Waals surface area contributed by atoms with E-state index in [1.807, 2.05) is 0 Å². The molecule has 0 spiro atoms. The van der Waals surface area contributed by atoms with Crippen molar-refractivity contribution in [2.45, 2.75) is 38.0 Å². The molecule has 1 aliphatic carbocycles. The smallest absolute Gasteiger partial charge is 0.421 e. The first-order valence-corrected chi connectivity index (χ1v) is 7.37. The highest BCUT2D eigenvalue weighted by Crippen LogP contribution is 2.37. The second-order valence-electron chi connectivity index (χ2n) is 5.48. The minimum atomic E-state index is -4.68. The molecule has 1 saturated carbocycles. The second kappa shape index (κ2) is 7.53. The summed E-state index contributed by atoms with van der Waals surface area (Å²) < 4.78 is 45.0. The van der Waals surface area contributed by atoms with Crippen molar-refractivity contribution >= 4 is 5.97 Å². The first kappa shape index (κ1) is 18.1. The van der Waals surface area contributed by atoms with Gasteiger partial charge in [0.25, 0.3) is 0 Å². The Bertz CT molecular complexity index is 664. The SMILES string of the molecule is O=C(O)[C@H]1CCC[C@H](Oc2ncc(C#CCO)cc2C(F)(F)F)C1. The molecular weight excluding hydrogens is 327 g/mol. The van der Waals surface area contributed by atoms with Crippen LogP contribution in [0.2, 0.25) is 0 Å². The van der Waals surface area contributed by atoms with Crippen molar-refractivity contribution in [1.29, 1.82) is 0 Å². The maximum atomic E-state index is 13.2. The van der Waals surface area contributed by atoms with Gasteiger partial charge in [0.1, 0.15) is 18.3 Å². The predicted molar refractivity (Wildman–Crippen MR) is 77.2 cm³/mol. The lowest BCUT2D eigenvalue weighted by Gasteiger charge is -2.27. The minimum absolute atomic E-state index is 0.00998. The number of carboxylic acid groups (broad SMARTS) is 1. The van der Waals surface area contributed by atoms with E-state index in [1.165, 1.54) is 0 Å². The lowest BCUT2D eigenvalue weighted by atomic mass is 9.87. The summed E-state index contributed by atoms with van der Waals surface area (Å²) in [5, 5.41) is 17.6. The number of rotatable bonds is 3. The lowest BCUT2D eigenvalue weighted by Crippen LogP contribution is -2.30. The van der Waals surface area contributed by atoms with Gasteiger partial charge in [0.2, 0.25) is 5.88 Å². The molecule has 0 radical (unpaired) electrons. The number of nitrogens with zero attached hydrogens (tertiary/aromatic N) is 1. The van der Waals surface area contributed by atoms with Crippen molar-refractivity contribution in [3.05, 3.63) is 23.4 Å². The highest BCUT2D eigenvalue weighted by molar-refractivity contribution is 5.70. The van der Waals surface area contributed by atoms with E-state index < -0.39 is 42.2 Å². The Balaban J connectivity index is 2.24. The van der Waals surface area contributed by atoms with E-state index >= 15 is 0 Å². The quantitative estimate of drug-likeness (QED) is 0.824. The summed E-state index contributed by atoms with van der Waals surface area (Å²) in [7, 11) is 0. The van der Waals surface area contributed by atoms with E-state index in [9.17, 15) is 18.0 Å². The average molecular weight is 343 g/mol. The number of alkyl halides is 3. The van der Waals surface area contributed by atoms with E-state index in [1.54, 1.807) is 0 Å². The lowest BCUT2D eigenvalue weighted by molar-refractivity contribution is -0.145. The summed E-state index contributed by atoms with van der Waals surface area (Å²) in [4.78, 5) is 14.7. The molecular formula is C16H16F3NO4. The van der Waals surface area contributed by atoms with Crippen molar-refractivity contribution < 1.29 is 32.9 Å². The highest BCUT2D eigenvalue weighted by Gasteiger charge is 2.37. The van der Waals surface area contributed by atoms with Gasteiger partial charge in [-0.15, -0.1) is 0 Å². The maximum absolute atomic E-state index is 13.2. The molecule has 1 heterocycles. The van der Waals surface area contributed by atoms with Crippen LogP contribution < -0.4 is 4.74 Å². The number of aromatic nitrogens is 1. The van der Waals surface area contributed by atoms with Gasteiger partial charge < -0.3 is 14.9 Å². The first-order chi connectivity index (χ1) is 11.3. The predicted octanol–water partition coefficient (Wildman–Crippen LogP) is 2.47. The molecule has 0 aliphatic heterocycles. The van der Waals surface area contributed by atoms with Gasteiger partial charge in [0.15, 0.2) is 0 Å². The average Bonchev–Trinajstić information content (AvgIpc) is 2.53. The number of ether oxygens (including phenoxy) is 1. The second-order valence-corrected chi connectivity index (χ2v) is 5.48. The fraction of sp³-hybridized carbons (Fsp3) is 0.500. The van der Waals surface area contributed by atoms with Crippen LogP contribution in [-0.2, 0) is 11.0 Å². The molecule has 130 valence electrons. The van der Waals surface area contributed by atoms with Crippen molar-refractivity contribution in [2.75, 3.05) is 6.61 Å². The summed E-state index contributed by atoms with van der Waals surface area (Å²) in [6.45, 7) is -0.474. The van der Waals surface area contributed by atoms with Gasteiger partial charge >= 0.3 is 12.1 Å². The summed E-state index contributed by atoms with van der Waals surface area (Å²) in [5.74, 6) is 2.45. The third-order valence-electron chi connectivity index (χ3n) is 3.72. The van der Waals surface area contributed by atoms with E-state index in [4.69, 9.17) is 14.9 Å². The molecule has 1 aromatic rings. The van der Waals surface area contributed by atoms with Gasteiger partial charge in [-0.05, 0) is 31.7 Å². The number of pyridine rings is 1. The fourth-order valence-electron chi connectivity index (χ4n) is 2.59. The zero-order valence-electron chi connectivity index (χ0n) is 12.6. The molecule has 0 unspecified atom stereocenters. The molecule has 0 aromatic carbocycles. The van der Waals surface area contributed by atoms with Crippen LogP contribution >= 0.6 is 0 Å². The molecule has 5 nitrogen and oxygen atoms in total. The Hall–Kier alpha value is -2.27. The molecule has 1 aromatic heterocycles. The monoisotopic (exact) mass is 343 g/mol. The first-order valence-electron chi connectivity index (χ1n) is 7.37. The molecule has 0 saturated heterocycles. The normalized spacial score (nSPS) is 20.8. The van der Waals surface area contributed by atoms with Crippen LogP contribution in [0.25, 0.3) is 0 Å². The van der Waals surface area contributed by atoms with E-state index in [0.717, 1.165) is 12.3 Å². The van der Waals surface area contributed by atoms with Gasteiger partial charge in [-0.25, -0.2) is 4.98 Å². The van der Waals surface area contributed by atoms with E-state index in [-0.39, 0.29) is 12.0 Å². The maximum Gasteiger partial charge on any atom is 0.421 e. The summed E-state index contributed by atoms with van der Waals surface area (Å²) in [6, 6.07) is 0.808. The van der Waals surface area contributed by atoms with Crippen molar-refractivity contribution in [1.82, 2.24) is 4.98 Å². The Morgan fingerprint density at radius 2 is 2.17 bits per heavy atom. The number of aliphatic hydroxyl groups excluding tert-OH is 1. The van der Waals surface area contributed by atoms with E-state index in [2.05, 4.69) is 16.8 Å². The number of aliphatic carboxylic acids is 1. The topological polar surface area (TPSA) is 79.7 Å². The van der Waals surface area contributed by atoms with Crippen LogP contribution in [0.5, 0.6) is 5.88 Å². The summed E-state index contributed by atoms with van der Waals surface area (Å²) in [5.41, 5.74) is -1.06. The largest absolute Gasteiger partial charge is 0.481 e. The van der Waals surface area contributed by atoms with Crippen molar-refractivity contribution in [2.24, 2.45) is 5.92 Å². The van der Waals surface area contributed by atoms with Crippen molar-refractivity contribution in [3.8, 4) is 17.7 Å². The number of hydrogen-bond donors (Lipinski definition) is 2. The number of hydrogen-bond acceptors (Lipinski definition) is 4. The van der Waals surface area contributed by atoms with Crippen LogP contribution in [0.1, 0.15) is 36.8 Å². The third-order valence-corrected chi connectivity index (χ3v) is 3.72. The molecule has 0 amide bonds. The summed E-state index contributed by atoms with van der Waals surface area (Å²) >= 11 is 0. The van der Waals surface area contributed by atoms with Gasteiger partial charge in [0.05, 0.1) is 5.92 Å². The van der Waals surface area contributed by atoms with Crippen LogP contribution in [0, 0.1) is 17.8 Å². The molecule has 2 rings (SSSR count). The van der Waals surface area contributed by atoms with Gasteiger partial charge in [-0.1, -0.05) is 11.8 Å². The number of aliphatic hydroxyl groups is 1. The molecule has 1 aliphatic rings. The highest BCUT2D eigenvalue weighted by atomic mass is 19.4. The molecule has 2 atom stereocenters. The zero-order chi connectivity index (χ0) is 17.7. The van der Waals surface area contributed by atoms with Crippen LogP contribution in [-0.4, -0.2) is 33.9 Å². The van der Waals surface area contributed by atoms with Crippen molar-refractivity contribution in [3.63, 3.8) is 0 Å². The Kier molecular flexibility index (Phi) is 5.67. The Morgan fingerprint density at radius 1 is 1.42 bits per heavy atom. The minimum Gasteiger partial charge on any atom is -0.481 e. The number of halogens is 3. The van der Waals surface area contributed by atoms with Crippen LogP contribution in [0.3, 0.4) is 0 Å². The fourth-order valence-corrected chi connectivity index (χ4v) is 2.59. The Morgan fingerprint density at radius 3 is 2.79 bits per heavy atom. The molecule has 1 fully saturated rings. The number of carbonyl (C=O) groups is 1. The van der Waals surface area contributed by atoms with Crippen LogP contribution in [0.15, 0.2) is 12.3 Å². The molecule has 24 heavy (non-hydrogen) atoms. The van der Waals surface area contributed by atoms with Gasteiger partial charge in [-0.2, -0.15) is 13.2 Å². The number of carboxylic acids is 1. The Labute approximate surface area is 136 Å². The summed E-state index contributed by atoms with van der Waals surface area (Å²) in [6.07, 6.45) is -2.48. The zero-order valence-corrected chi connectivity index (χ0v) is 12.6. The van der Waals surface area contributed by atoms with E-state index in [0.29, 0.717) is 19.3 Å². The molecule has 8 heteroatoms. The standard InChI is InChI=1S/C16H16F3NO4/c17-16(18,19)13-7-10(3-2-6-21)9-20-14(13)24-12-5-1-4-11(8-12)15(22)23/h7,9,11-12,21H,1,4-6,8H2,(H,22,23)/t11-,12-/m0/s1.